The monoisotopic (exact) mass is 304 g/mol. The summed E-state index contributed by atoms with van der Waals surface area (Å²) in [7, 11) is 0. The molecule has 2 unspecified atom stereocenters. The lowest BCUT2D eigenvalue weighted by Gasteiger charge is -2.59. The Kier molecular flexibility index (Phi) is 3.16. The molecule has 0 heterocycles. The lowest BCUT2D eigenvalue weighted by atomic mass is 9.46. The summed E-state index contributed by atoms with van der Waals surface area (Å²) in [5.74, 6) is 1.44. The van der Waals surface area contributed by atoms with Crippen LogP contribution in [0.25, 0.3) is 0 Å². The second-order valence-corrected chi connectivity index (χ2v) is 8.75. The first-order chi connectivity index (χ1) is 10.4. The maximum Gasteiger partial charge on any atom is 0.155 e. The maximum absolute atomic E-state index is 11.8. The van der Waals surface area contributed by atoms with Crippen LogP contribution in [-0.4, -0.2) is 28.2 Å². The first kappa shape index (κ1) is 14.9. The summed E-state index contributed by atoms with van der Waals surface area (Å²) in [5, 5.41) is 21.3. The van der Waals surface area contributed by atoms with E-state index in [2.05, 4.69) is 13.8 Å². The zero-order valence-electron chi connectivity index (χ0n) is 13.7. The first-order valence-electron chi connectivity index (χ1n) is 8.96. The molecular weight excluding hydrogens is 276 g/mol. The molecule has 3 heteroatoms. The van der Waals surface area contributed by atoms with E-state index in [9.17, 15) is 15.0 Å². The number of aliphatic hydroxyl groups is 2. The largest absolute Gasteiger partial charge is 0.393 e. The summed E-state index contributed by atoms with van der Waals surface area (Å²) in [4.78, 5) is 11.8. The van der Waals surface area contributed by atoms with E-state index in [1.807, 2.05) is 6.08 Å². The van der Waals surface area contributed by atoms with Crippen LogP contribution in [0.5, 0.6) is 0 Å². The Morgan fingerprint density at radius 3 is 2.64 bits per heavy atom. The van der Waals surface area contributed by atoms with E-state index in [0.29, 0.717) is 30.6 Å². The van der Waals surface area contributed by atoms with Crippen LogP contribution in [-0.2, 0) is 4.79 Å². The predicted octanol–water partition coefficient (Wildman–Crippen LogP) is 2.85. The van der Waals surface area contributed by atoms with Crippen LogP contribution in [0.15, 0.2) is 11.6 Å². The molecule has 22 heavy (non-hydrogen) atoms. The minimum Gasteiger partial charge on any atom is -0.393 e. The van der Waals surface area contributed by atoms with Crippen molar-refractivity contribution in [3.63, 3.8) is 0 Å². The maximum atomic E-state index is 11.8. The van der Waals surface area contributed by atoms with Crippen molar-refractivity contribution < 1.29 is 15.0 Å². The SMILES string of the molecule is C[C@]12CCC(=O)C=C1C[C@H](O)[C@@H]1C2CC[C@@]2(C)C1CC[C@@H]2O. The molecule has 0 aromatic carbocycles. The smallest absolute Gasteiger partial charge is 0.155 e. The minimum atomic E-state index is -0.342. The van der Waals surface area contributed by atoms with Gasteiger partial charge in [0.2, 0.25) is 0 Å². The molecule has 3 saturated carbocycles. The molecule has 0 saturated heterocycles. The molecular formula is C19H28O3. The number of aliphatic hydroxyl groups excluding tert-OH is 2. The third kappa shape index (κ3) is 1.78. The fourth-order valence-corrected chi connectivity index (χ4v) is 6.50. The van der Waals surface area contributed by atoms with E-state index in [0.717, 1.165) is 32.1 Å². The molecule has 4 aliphatic rings. The summed E-state index contributed by atoms with van der Waals surface area (Å²) in [6.07, 6.45) is 7.61. The zero-order valence-corrected chi connectivity index (χ0v) is 13.7. The fraction of sp³-hybridized carbons (Fsp3) is 0.842. The molecule has 3 fully saturated rings. The van der Waals surface area contributed by atoms with Gasteiger partial charge in [0, 0.05) is 6.42 Å². The average Bonchev–Trinajstić information content (AvgIpc) is 2.77. The summed E-state index contributed by atoms with van der Waals surface area (Å²) < 4.78 is 0. The molecule has 0 amide bonds. The van der Waals surface area contributed by atoms with Gasteiger partial charge in [-0.1, -0.05) is 19.4 Å². The number of ketones is 1. The van der Waals surface area contributed by atoms with Crippen LogP contribution in [0.3, 0.4) is 0 Å². The van der Waals surface area contributed by atoms with Gasteiger partial charge in [0.15, 0.2) is 5.78 Å². The topological polar surface area (TPSA) is 57.5 Å². The number of fused-ring (bicyclic) bond motifs is 5. The van der Waals surface area contributed by atoms with Gasteiger partial charge in [-0.2, -0.15) is 0 Å². The zero-order chi connectivity index (χ0) is 15.7. The Hall–Kier alpha value is -0.670. The molecule has 0 aliphatic heterocycles. The summed E-state index contributed by atoms with van der Waals surface area (Å²) in [6, 6.07) is 0. The minimum absolute atomic E-state index is 0.00971. The van der Waals surface area contributed by atoms with Crippen molar-refractivity contribution in [1.29, 1.82) is 0 Å². The van der Waals surface area contributed by atoms with Crippen LogP contribution in [0, 0.1) is 28.6 Å². The normalized spacial score (nSPS) is 54.3. The number of carbonyl (C=O) groups is 1. The van der Waals surface area contributed by atoms with Gasteiger partial charge in [-0.15, -0.1) is 0 Å². The van der Waals surface area contributed by atoms with Gasteiger partial charge >= 0.3 is 0 Å². The highest BCUT2D eigenvalue weighted by atomic mass is 16.3. The highest BCUT2D eigenvalue weighted by molar-refractivity contribution is 5.91. The molecule has 122 valence electrons. The number of carbonyl (C=O) groups excluding carboxylic acids is 1. The van der Waals surface area contributed by atoms with Crippen LogP contribution in [0.2, 0.25) is 0 Å². The molecule has 0 radical (unpaired) electrons. The van der Waals surface area contributed by atoms with E-state index < -0.39 is 0 Å². The lowest BCUT2D eigenvalue weighted by Crippen LogP contribution is -2.55. The Labute approximate surface area is 132 Å². The van der Waals surface area contributed by atoms with E-state index in [1.54, 1.807) is 0 Å². The highest BCUT2D eigenvalue weighted by Crippen LogP contribution is 2.65. The van der Waals surface area contributed by atoms with Crippen LogP contribution < -0.4 is 0 Å². The van der Waals surface area contributed by atoms with E-state index in [1.165, 1.54) is 5.57 Å². The third-order valence-electron chi connectivity index (χ3n) is 7.93. The van der Waals surface area contributed by atoms with Gasteiger partial charge in [0.25, 0.3) is 0 Å². The number of hydrogen-bond donors (Lipinski definition) is 2. The molecule has 4 aliphatic carbocycles. The second-order valence-electron chi connectivity index (χ2n) is 8.75. The predicted molar refractivity (Wildman–Crippen MR) is 84.1 cm³/mol. The van der Waals surface area contributed by atoms with E-state index >= 15 is 0 Å². The number of hydrogen-bond acceptors (Lipinski definition) is 3. The standard InChI is InChI=1S/C19H28O3/c1-18-7-5-12(20)9-11(18)10-15(21)17-13-3-4-16(22)19(13,2)8-6-14(17)18/h9,13-17,21-22H,3-8,10H2,1-2H3/t13?,14?,15-,16-,17-,18-,19-/m0/s1. The fourth-order valence-electron chi connectivity index (χ4n) is 6.50. The highest BCUT2D eigenvalue weighted by Gasteiger charge is 2.61. The van der Waals surface area contributed by atoms with Crippen LogP contribution in [0.4, 0.5) is 0 Å². The van der Waals surface area contributed by atoms with Gasteiger partial charge < -0.3 is 10.2 Å². The Bertz CT molecular complexity index is 539. The van der Waals surface area contributed by atoms with Crippen molar-refractivity contribution in [2.75, 3.05) is 0 Å². The van der Waals surface area contributed by atoms with Gasteiger partial charge in [-0.3, -0.25) is 4.79 Å². The van der Waals surface area contributed by atoms with Crippen molar-refractivity contribution in [2.45, 2.75) is 71.0 Å². The van der Waals surface area contributed by atoms with Crippen LogP contribution >= 0.6 is 0 Å². The van der Waals surface area contributed by atoms with Crippen molar-refractivity contribution >= 4 is 5.78 Å². The van der Waals surface area contributed by atoms with Gasteiger partial charge in [-0.25, -0.2) is 0 Å². The van der Waals surface area contributed by atoms with E-state index in [-0.39, 0.29) is 28.8 Å². The van der Waals surface area contributed by atoms with Gasteiger partial charge in [0.1, 0.15) is 0 Å². The molecule has 0 aromatic rings. The average molecular weight is 304 g/mol. The molecule has 0 bridgehead atoms. The van der Waals surface area contributed by atoms with Crippen molar-refractivity contribution in [3.05, 3.63) is 11.6 Å². The molecule has 7 atom stereocenters. The van der Waals surface area contributed by atoms with Gasteiger partial charge in [-0.05, 0) is 73.2 Å². The molecule has 3 nitrogen and oxygen atoms in total. The Morgan fingerprint density at radius 2 is 1.86 bits per heavy atom. The number of rotatable bonds is 0. The van der Waals surface area contributed by atoms with E-state index in [4.69, 9.17) is 0 Å². The Balaban J connectivity index is 1.74. The Morgan fingerprint density at radius 1 is 1.09 bits per heavy atom. The van der Waals surface area contributed by atoms with Crippen molar-refractivity contribution in [1.82, 2.24) is 0 Å². The molecule has 0 spiro atoms. The third-order valence-corrected chi connectivity index (χ3v) is 7.93. The van der Waals surface area contributed by atoms with Crippen molar-refractivity contribution in [2.24, 2.45) is 28.6 Å². The molecule has 2 N–H and O–H groups in total. The molecule has 4 rings (SSSR count). The molecule has 0 aromatic heterocycles. The quantitative estimate of drug-likeness (QED) is 0.723. The second kappa shape index (κ2) is 4.67. The lowest BCUT2D eigenvalue weighted by molar-refractivity contribution is -0.127. The summed E-state index contributed by atoms with van der Waals surface area (Å²) >= 11 is 0. The van der Waals surface area contributed by atoms with Crippen molar-refractivity contribution in [3.8, 4) is 0 Å². The summed E-state index contributed by atoms with van der Waals surface area (Å²) in [5.41, 5.74) is 1.27. The van der Waals surface area contributed by atoms with Crippen LogP contribution in [0.1, 0.15) is 58.8 Å². The van der Waals surface area contributed by atoms with Gasteiger partial charge in [0.05, 0.1) is 12.2 Å². The first-order valence-corrected chi connectivity index (χ1v) is 8.96. The summed E-state index contributed by atoms with van der Waals surface area (Å²) in [6.45, 7) is 4.55.